The van der Waals surface area contributed by atoms with Crippen LogP contribution in [0.3, 0.4) is 0 Å². The van der Waals surface area contributed by atoms with E-state index >= 15 is 0 Å². The van der Waals surface area contributed by atoms with Crippen molar-refractivity contribution in [1.82, 2.24) is 19.2 Å². The summed E-state index contributed by atoms with van der Waals surface area (Å²) in [4.78, 5) is 31.6. The highest BCUT2D eigenvalue weighted by atomic mass is 19.1. The van der Waals surface area contributed by atoms with Gasteiger partial charge in [-0.05, 0) is 37.1 Å². The molecule has 1 fully saturated rings. The maximum absolute atomic E-state index is 13.0. The van der Waals surface area contributed by atoms with E-state index in [0.29, 0.717) is 23.2 Å². The van der Waals surface area contributed by atoms with Gasteiger partial charge >= 0.3 is 5.69 Å². The van der Waals surface area contributed by atoms with E-state index in [0.717, 1.165) is 17.5 Å². The molecule has 0 radical (unpaired) electrons. The van der Waals surface area contributed by atoms with E-state index in [9.17, 15) is 14.0 Å². The van der Waals surface area contributed by atoms with Crippen molar-refractivity contribution in [3.8, 4) is 0 Å². The lowest BCUT2D eigenvalue weighted by atomic mass is 9.94. The molecule has 0 saturated heterocycles. The molecule has 9 heteroatoms. The third kappa shape index (κ3) is 3.98. The maximum atomic E-state index is 13.0. The third-order valence-corrected chi connectivity index (χ3v) is 5.36. The molecule has 1 aromatic carbocycles. The van der Waals surface area contributed by atoms with Crippen LogP contribution in [0.4, 0.5) is 15.9 Å². The summed E-state index contributed by atoms with van der Waals surface area (Å²) in [6.45, 7) is -0.246. The summed E-state index contributed by atoms with van der Waals surface area (Å²) >= 11 is 0. The molecule has 1 aliphatic carbocycles. The summed E-state index contributed by atoms with van der Waals surface area (Å²) in [7, 11) is 1.98. The largest absolute Gasteiger partial charge is 0.354 e. The lowest BCUT2D eigenvalue weighted by molar-refractivity contribution is -0.117. The maximum Gasteiger partial charge on any atom is 0.350 e. The Hall–Kier alpha value is -3.23. The number of halogens is 1. The van der Waals surface area contributed by atoms with Gasteiger partial charge in [-0.15, -0.1) is 5.10 Å². The molecule has 4 rings (SSSR count). The summed E-state index contributed by atoms with van der Waals surface area (Å²) in [5.74, 6) is -0.173. The fourth-order valence-corrected chi connectivity index (χ4v) is 3.80. The van der Waals surface area contributed by atoms with Gasteiger partial charge in [0, 0.05) is 31.2 Å². The van der Waals surface area contributed by atoms with Crippen LogP contribution in [0.5, 0.6) is 0 Å². The molecule has 3 aromatic rings. The van der Waals surface area contributed by atoms with Crippen LogP contribution in [-0.2, 0) is 11.3 Å². The van der Waals surface area contributed by atoms with Crippen LogP contribution in [-0.4, -0.2) is 38.2 Å². The summed E-state index contributed by atoms with van der Waals surface area (Å²) in [6, 6.07) is 5.79. The summed E-state index contributed by atoms with van der Waals surface area (Å²) in [5.41, 5.74) is 0.475. The average molecular weight is 398 g/mol. The van der Waals surface area contributed by atoms with Crippen molar-refractivity contribution < 1.29 is 9.18 Å². The number of nitrogens with one attached hydrogen (secondary N) is 1. The second-order valence-electron chi connectivity index (χ2n) is 7.34. The fourth-order valence-electron chi connectivity index (χ4n) is 3.80. The summed E-state index contributed by atoms with van der Waals surface area (Å²) in [5, 5.41) is 7.00. The van der Waals surface area contributed by atoms with E-state index in [-0.39, 0.29) is 12.4 Å². The monoisotopic (exact) mass is 398 g/mol. The van der Waals surface area contributed by atoms with Gasteiger partial charge in [0.25, 0.3) is 0 Å². The first-order chi connectivity index (χ1) is 14.0. The van der Waals surface area contributed by atoms with Crippen molar-refractivity contribution in [3.63, 3.8) is 0 Å². The van der Waals surface area contributed by atoms with Crippen molar-refractivity contribution in [1.29, 1.82) is 0 Å². The Kier molecular flexibility index (Phi) is 5.28. The third-order valence-electron chi connectivity index (χ3n) is 5.36. The Bertz CT molecular complexity index is 1070. The van der Waals surface area contributed by atoms with Gasteiger partial charge in [0.2, 0.25) is 11.6 Å². The number of hydrogen-bond donors (Lipinski definition) is 1. The molecule has 1 amide bonds. The van der Waals surface area contributed by atoms with E-state index in [4.69, 9.17) is 0 Å². The number of amides is 1. The molecule has 1 saturated carbocycles. The topological polar surface area (TPSA) is 84.5 Å². The Morgan fingerprint density at radius 1 is 1.24 bits per heavy atom. The molecule has 29 heavy (non-hydrogen) atoms. The summed E-state index contributed by atoms with van der Waals surface area (Å²) in [6.07, 6.45) is 8.92. The molecule has 8 nitrogen and oxygen atoms in total. The zero-order valence-corrected chi connectivity index (χ0v) is 16.2. The molecule has 0 unspecified atom stereocenters. The highest BCUT2D eigenvalue weighted by Gasteiger charge is 2.23. The first-order valence-corrected chi connectivity index (χ1v) is 9.75. The highest BCUT2D eigenvalue weighted by molar-refractivity contribution is 5.90. The number of benzene rings is 1. The van der Waals surface area contributed by atoms with Gasteiger partial charge in [0.15, 0.2) is 5.82 Å². The van der Waals surface area contributed by atoms with Gasteiger partial charge in [-0.25, -0.2) is 23.3 Å². The second kappa shape index (κ2) is 8.02. The predicted molar refractivity (Wildman–Crippen MR) is 108 cm³/mol. The zero-order chi connectivity index (χ0) is 20.4. The Balaban J connectivity index is 1.57. The van der Waals surface area contributed by atoms with E-state index in [1.54, 1.807) is 12.4 Å². The number of carbonyl (C=O) groups excluding carboxylic acids is 1. The van der Waals surface area contributed by atoms with Crippen LogP contribution < -0.4 is 15.9 Å². The molecular formula is C20H23FN6O2. The number of fused-ring (bicyclic) bond motifs is 1. The first kappa shape index (κ1) is 19.1. The number of anilines is 2. The van der Waals surface area contributed by atoms with E-state index in [1.807, 2.05) is 7.05 Å². The minimum Gasteiger partial charge on any atom is -0.354 e. The highest BCUT2D eigenvalue weighted by Crippen LogP contribution is 2.26. The lowest BCUT2D eigenvalue weighted by Gasteiger charge is -2.31. The van der Waals surface area contributed by atoms with E-state index < -0.39 is 11.6 Å². The van der Waals surface area contributed by atoms with Crippen molar-refractivity contribution in [2.45, 2.75) is 44.7 Å². The Morgan fingerprint density at radius 2 is 1.97 bits per heavy atom. The Labute approximate surface area is 167 Å². The molecule has 0 spiro atoms. The number of nitrogens with zero attached hydrogens (tertiary/aromatic N) is 5. The van der Waals surface area contributed by atoms with Crippen LogP contribution in [0.2, 0.25) is 0 Å². The SMILES string of the molecule is CN(c1nccn2c(=O)n(CC(=O)Nc3ccc(F)cc3)nc12)C1CCCCC1. The van der Waals surface area contributed by atoms with Gasteiger partial charge in [-0.3, -0.25) is 4.79 Å². The van der Waals surface area contributed by atoms with Crippen LogP contribution >= 0.6 is 0 Å². The van der Waals surface area contributed by atoms with Crippen molar-refractivity contribution in [2.75, 3.05) is 17.3 Å². The zero-order valence-electron chi connectivity index (χ0n) is 16.2. The van der Waals surface area contributed by atoms with Crippen molar-refractivity contribution in [2.24, 2.45) is 0 Å². The van der Waals surface area contributed by atoms with E-state index in [2.05, 4.69) is 20.3 Å². The smallest absolute Gasteiger partial charge is 0.350 e. The quantitative estimate of drug-likeness (QED) is 0.714. The number of hydrogen-bond acceptors (Lipinski definition) is 5. The normalized spacial score (nSPS) is 14.8. The minimum atomic E-state index is -0.419. The molecule has 2 heterocycles. The standard InChI is InChI=1S/C20H23FN6O2/c1-25(16-5-3-2-4-6-16)18-19-24-27(20(29)26(19)12-11-22-18)13-17(28)23-15-9-7-14(21)8-10-15/h7-12,16H,2-6,13H2,1H3,(H,23,28). The van der Waals surface area contributed by atoms with Gasteiger partial charge in [0.1, 0.15) is 12.4 Å². The molecule has 2 aromatic heterocycles. The van der Waals surface area contributed by atoms with Crippen LogP contribution in [0.1, 0.15) is 32.1 Å². The van der Waals surface area contributed by atoms with Gasteiger partial charge in [-0.2, -0.15) is 0 Å². The molecule has 1 N–H and O–H groups in total. The van der Waals surface area contributed by atoms with E-state index in [1.165, 1.54) is 47.9 Å². The summed E-state index contributed by atoms with van der Waals surface area (Å²) < 4.78 is 15.5. The second-order valence-corrected chi connectivity index (χ2v) is 7.34. The predicted octanol–water partition coefficient (Wildman–Crippen LogP) is 2.44. The molecule has 0 aliphatic heterocycles. The van der Waals surface area contributed by atoms with Crippen LogP contribution in [0.25, 0.3) is 5.65 Å². The molecule has 0 bridgehead atoms. The lowest BCUT2D eigenvalue weighted by Crippen LogP contribution is -2.34. The van der Waals surface area contributed by atoms with Crippen molar-refractivity contribution >= 4 is 23.1 Å². The van der Waals surface area contributed by atoms with Crippen LogP contribution in [0.15, 0.2) is 41.5 Å². The van der Waals surface area contributed by atoms with Crippen LogP contribution in [0, 0.1) is 5.82 Å². The minimum absolute atomic E-state index is 0.246. The molecule has 152 valence electrons. The van der Waals surface area contributed by atoms with Gasteiger partial charge in [-0.1, -0.05) is 19.3 Å². The van der Waals surface area contributed by atoms with Crippen molar-refractivity contribution in [3.05, 3.63) is 53.0 Å². The Morgan fingerprint density at radius 3 is 2.69 bits per heavy atom. The molecule has 0 atom stereocenters. The number of aromatic nitrogens is 4. The molecular weight excluding hydrogens is 375 g/mol. The van der Waals surface area contributed by atoms with Gasteiger partial charge in [0.05, 0.1) is 0 Å². The van der Waals surface area contributed by atoms with Gasteiger partial charge < -0.3 is 10.2 Å². The average Bonchev–Trinajstić information content (AvgIpc) is 3.05. The number of rotatable bonds is 5. The first-order valence-electron chi connectivity index (χ1n) is 9.75. The fraction of sp³-hybridized carbons (Fsp3) is 0.400. The molecule has 1 aliphatic rings. The number of carbonyl (C=O) groups is 1.